The third kappa shape index (κ3) is 5.32. The molecule has 0 bridgehead atoms. The molecule has 1 saturated heterocycles. The van der Waals surface area contributed by atoms with E-state index in [0.717, 1.165) is 26.1 Å². The molecule has 1 heterocycles. The molecular formula is C21H27ClN2O. The van der Waals surface area contributed by atoms with E-state index in [1.165, 1.54) is 11.1 Å². The van der Waals surface area contributed by atoms with Crippen LogP contribution in [0.25, 0.3) is 0 Å². The van der Waals surface area contributed by atoms with E-state index >= 15 is 0 Å². The van der Waals surface area contributed by atoms with Crippen molar-refractivity contribution in [2.24, 2.45) is 0 Å². The van der Waals surface area contributed by atoms with Gasteiger partial charge in [-0.05, 0) is 30.4 Å². The van der Waals surface area contributed by atoms with Gasteiger partial charge in [0.1, 0.15) is 0 Å². The minimum Gasteiger partial charge on any atom is -0.337 e. The third-order valence-corrected chi connectivity index (χ3v) is 4.84. The fourth-order valence-electron chi connectivity index (χ4n) is 3.47. The van der Waals surface area contributed by atoms with Crippen LogP contribution in [-0.2, 0) is 11.2 Å². The molecule has 1 fully saturated rings. The average Bonchev–Trinajstić information content (AvgIpc) is 2.63. The molecule has 1 N–H and O–H groups in total. The molecule has 3 nitrogen and oxygen atoms in total. The number of halogens is 1. The van der Waals surface area contributed by atoms with Crippen LogP contribution >= 0.6 is 12.4 Å². The zero-order valence-corrected chi connectivity index (χ0v) is 15.5. The van der Waals surface area contributed by atoms with Crippen molar-refractivity contribution in [3.63, 3.8) is 0 Å². The van der Waals surface area contributed by atoms with Gasteiger partial charge in [-0.2, -0.15) is 0 Å². The predicted molar refractivity (Wildman–Crippen MR) is 105 cm³/mol. The van der Waals surface area contributed by atoms with Crippen molar-refractivity contribution < 1.29 is 4.79 Å². The van der Waals surface area contributed by atoms with Crippen molar-refractivity contribution in [3.8, 4) is 0 Å². The molecule has 25 heavy (non-hydrogen) atoms. The Morgan fingerprint density at radius 3 is 2.40 bits per heavy atom. The Morgan fingerprint density at radius 2 is 1.76 bits per heavy atom. The monoisotopic (exact) mass is 358 g/mol. The van der Waals surface area contributed by atoms with Gasteiger partial charge in [0.2, 0.25) is 5.91 Å². The standard InChI is InChI=1S/C21H26N2O.ClH/c1-17-16-22-12-13-23(17)21(24)15-20(19-10-6-3-7-11-19)14-18-8-4-2-5-9-18;/h2-11,17,20,22H,12-16H2,1H3;1H. The third-order valence-electron chi connectivity index (χ3n) is 4.84. The zero-order chi connectivity index (χ0) is 16.8. The molecule has 0 saturated carbocycles. The number of rotatable bonds is 5. The molecule has 1 aliphatic heterocycles. The first kappa shape index (κ1) is 19.5. The van der Waals surface area contributed by atoms with Gasteiger partial charge in [0, 0.05) is 32.1 Å². The second-order valence-electron chi connectivity index (χ2n) is 6.64. The fraction of sp³-hybridized carbons (Fsp3) is 0.381. The quantitative estimate of drug-likeness (QED) is 0.884. The van der Waals surface area contributed by atoms with Gasteiger partial charge in [0.25, 0.3) is 0 Å². The van der Waals surface area contributed by atoms with E-state index in [1.807, 2.05) is 17.0 Å². The minimum absolute atomic E-state index is 0. The van der Waals surface area contributed by atoms with Gasteiger partial charge >= 0.3 is 0 Å². The van der Waals surface area contributed by atoms with E-state index in [-0.39, 0.29) is 30.3 Å². The summed E-state index contributed by atoms with van der Waals surface area (Å²) in [5, 5.41) is 3.35. The average molecular weight is 359 g/mol. The second kappa shape index (κ2) is 9.59. The molecule has 0 spiro atoms. The van der Waals surface area contributed by atoms with Crippen molar-refractivity contribution in [3.05, 3.63) is 71.8 Å². The number of carbonyl (C=O) groups is 1. The zero-order valence-electron chi connectivity index (χ0n) is 14.7. The van der Waals surface area contributed by atoms with Crippen LogP contribution < -0.4 is 5.32 Å². The van der Waals surface area contributed by atoms with Gasteiger partial charge < -0.3 is 10.2 Å². The Labute approximate surface area is 156 Å². The summed E-state index contributed by atoms with van der Waals surface area (Å²) in [7, 11) is 0. The lowest BCUT2D eigenvalue weighted by atomic mass is 9.88. The van der Waals surface area contributed by atoms with Gasteiger partial charge in [-0.15, -0.1) is 12.4 Å². The van der Waals surface area contributed by atoms with Crippen LogP contribution in [0.4, 0.5) is 0 Å². The highest BCUT2D eigenvalue weighted by Gasteiger charge is 2.26. The van der Waals surface area contributed by atoms with Gasteiger partial charge in [0.15, 0.2) is 0 Å². The Morgan fingerprint density at radius 1 is 1.12 bits per heavy atom. The van der Waals surface area contributed by atoms with E-state index in [9.17, 15) is 4.79 Å². The number of piperazine rings is 1. The maximum absolute atomic E-state index is 12.9. The Bertz CT molecular complexity index is 647. The lowest BCUT2D eigenvalue weighted by molar-refractivity contribution is -0.134. The van der Waals surface area contributed by atoms with Crippen LogP contribution in [0.1, 0.15) is 30.4 Å². The molecule has 0 radical (unpaired) electrons. The second-order valence-corrected chi connectivity index (χ2v) is 6.64. The van der Waals surface area contributed by atoms with Crippen LogP contribution in [0.5, 0.6) is 0 Å². The van der Waals surface area contributed by atoms with Gasteiger partial charge in [-0.1, -0.05) is 60.7 Å². The maximum Gasteiger partial charge on any atom is 0.223 e. The van der Waals surface area contributed by atoms with E-state index < -0.39 is 0 Å². The molecular weight excluding hydrogens is 332 g/mol. The van der Waals surface area contributed by atoms with Gasteiger partial charge in [0.05, 0.1) is 0 Å². The lowest BCUT2D eigenvalue weighted by Crippen LogP contribution is -2.52. The van der Waals surface area contributed by atoms with Crippen molar-refractivity contribution in [1.82, 2.24) is 10.2 Å². The first-order chi connectivity index (χ1) is 11.7. The molecule has 2 unspecified atom stereocenters. The van der Waals surface area contributed by atoms with E-state index in [0.29, 0.717) is 6.42 Å². The highest BCUT2D eigenvalue weighted by molar-refractivity contribution is 5.85. The van der Waals surface area contributed by atoms with Gasteiger partial charge in [-0.25, -0.2) is 0 Å². The van der Waals surface area contributed by atoms with Crippen LogP contribution in [0, 0.1) is 0 Å². The molecule has 0 aromatic heterocycles. The summed E-state index contributed by atoms with van der Waals surface area (Å²) >= 11 is 0. The van der Waals surface area contributed by atoms with E-state index in [1.54, 1.807) is 0 Å². The molecule has 2 aromatic carbocycles. The van der Waals surface area contributed by atoms with Crippen LogP contribution in [-0.4, -0.2) is 36.5 Å². The van der Waals surface area contributed by atoms with E-state index in [4.69, 9.17) is 0 Å². The summed E-state index contributed by atoms with van der Waals surface area (Å²) in [5.41, 5.74) is 2.53. The SMILES string of the molecule is CC1CNCCN1C(=O)CC(Cc1ccccc1)c1ccccc1.Cl. The van der Waals surface area contributed by atoms with Crippen LogP contribution in [0.2, 0.25) is 0 Å². The van der Waals surface area contributed by atoms with Gasteiger partial charge in [-0.3, -0.25) is 4.79 Å². The smallest absolute Gasteiger partial charge is 0.223 e. The molecule has 3 rings (SSSR count). The normalized spacial score (nSPS) is 18.3. The maximum atomic E-state index is 12.9. The Kier molecular flexibility index (Phi) is 7.48. The minimum atomic E-state index is 0. The predicted octanol–water partition coefficient (Wildman–Crippen LogP) is 3.65. The number of nitrogens with one attached hydrogen (secondary N) is 1. The van der Waals surface area contributed by atoms with Crippen LogP contribution in [0.3, 0.4) is 0 Å². The number of hydrogen-bond acceptors (Lipinski definition) is 2. The molecule has 2 aromatic rings. The molecule has 1 aliphatic rings. The Hall–Kier alpha value is -1.84. The number of carbonyl (C=O) groups excluding carboxylic acids is 1. The molecule has 4 heteroatoms. The number of nitrogens with zero attached hydrogens (tertiary/aromatic N) is 1. The first-order valence-electron chi connectivity index (χ1n) is 8.83. The van der Waals surface area contributed by atoms with E-state index in [2.05, 4.69) is 60.8 Å². The summed E-state index contributed by atoms with van der Waals surface area (Å²) < 4.78 is 0. The van der Waals surface area contributed by atoms with Crippen molar-refractivity contribution in [2.45, 2.75) is 31.7 Å². The highest BCUT2D eigenvalue weighted by Crippen LogP contribution is 2.26. The number of benzene rings is 2. The lowest BCUT2D eigenvalue weighted by Gasteiger charge is -2.35. The summed E-state index contributed by atoms with van der Waals surface area (Å²) in [5.74, 6) is 0.497. The van der Waals surface area contributed by atoms with Crippen molar-refractivity contribution in [1.29, 1.82) is 0 Å². The highest BCUT2D eigenvalue weighted by atomic mass is 35.5. The summed E-state index contributed by atoms with van der Waals surface area (Å²) in [4.78, 5) is 14.9. The largest absolute Gasteiger partial charge is 0.337 e. The number of hydrogen-bond donors (Lipinski definition) is 1. The summed E-state index contributed by atoms with van der Waals surface area (Å²) in [6, 6.07) is 21.2. The Balaban J connectivity index is 0.00000225. The fourth-order valence-corrected chi connectivity index (χ4v) is 3.47. The molecule has 1 amide bonds. The molecule has 0 aliphatic carbocycles. The van der Waals surface area contributed by atoms with Crippen molar-refractivity contribution >= 4 is 18.3 Å². The van der Waals surface area contributed by atoms with Crippen molar-refractivity contribution in [2.75, 3.05) is 19.6 Å². The first-order valence-corrected chi connectivity index (χ1v) is 8.83. The summed E-state index contributed by atoms with van der Waals surface area (Å²) in [6.07, 6.45) is 1.47. The topological polar surface area (TPSA) is 32.3 Å². The molecule has 2 atom stereocenters. The summed E-state index contributed by atoms with van der Waals surface area (Å²) in [6.45, 7) is 4.72. The van der Waals surface area contributed by atoms with Crippen LogP contribution in [0.15, 0.2) is 60.7 Å². The molecule has 134 valence electrons. The number of amides is 1.